The number of fused-ring (bicyclic) bond motifs is 6. The summed E-state index contributed by atoms with van der Waals surface area (Å²) in [6.07, 6.45) is 6.50. The van der Waals surface area contributed by atoms with E-state index in [9.17, 15) is 41.0 Å². The maximum atomic E-state index is 14.4. The third-order valence-electron chi connectivity index (χ3n) is 17.1. The Labute approximate surface area is 413 Å². The molecule has 0 radical (unpaired) electrons. The number of carbonyl (C=O) groups excluding carboxylic acids is 1. The lowest BCUT2D eigenvalue weighted by Crippen LogP contribution is -2.52. The fourth-order valence-corrected chi connectivity index (χ4v) is 13.3. The van der Waals surface area contributed by atoms with Gasteiger partial charge in [-0.25, -0.2) is 0 Å². The predicted octanol–water partition coefficient (Wildman–Crippen LogP) is 14.2. The number of halogens is 6. The number of carboxylic acid groups (broad SMARTS) is 1. The number of carboxylic acids is 1. The topological polar surface area (TPSA) is 88.5 Å². The van der Waals surface area contributed by atoms with Crippen molar-refractivity contribution >= 4 is 33.5 Å². The monoisotopic (exact) mass is 993 g/mol. The molecule has 10 rings (SSSR count). The number of methoxy groups -OCH3 is 1. The number of aliphatic carboxylic acids is 1. The average molecular weight is 993 g/mol. The largest absolute Gasteiger partial charge is 0.490 e. The zero-order valence-electron chi connectivity index (χ0n) is 41.3. The lowest BCUT2D eigenvalue weighted by atomic mass is 9.78. The highest BCUT2D eigenvalue weighted by atomic mass is 19.4. The Hall–Kier alpha value is -4.56. The van der Waals surface area contributed by atoms with Gasteiger partial charge < -0.3 is 19.3 Å². The van der Waals surface area contributed by atoms with E-state index in [4.69, 9.17) is 14.2 Å². The number of hydrogen-bond acceptors (Lipinski definition) is 7. The highest BCUT2D eigenvalue weighted by Crippen LogP contribution is 2.47. The van der Waals surface area contributed by atoms with Gasteiger partial charge >= 0.3 is 24.3 Å². The van der Waals surface area contributed by atoms with Crippen molar-refractivity contribution in [3.8, 4) is 11.5 Å². The van der Waals surface area contributed by atoms with Crippen LogP contribution < -0.4 is 9.47 Å². The molecule has 4 atom stereocenters. The Bertz CT molecular complexity index is 2490. The van der Waals surface area contributed by atoms with Gasteiger partial charge in [0.15, 0.2) is 0 Å². The Morgan fingerprint density at radius 1 is 0.535 bits per heavy atom. The molecule has 14 heteroatoms. The predicted molar refractivity (Wildman–Crippen MR) is 261 cm³/mol. The van der Waals surface area contributed by atoms with Gasteiger partial charge in [0.25, 0.3) is 0 Å². The smallest absolute Gasteiger partial charge is 0.420 e. The van der Waals surface area contributed by atoms with Crippen LogP contribution in [0.15, 0.2) is 60.7 Å². The summed E-state index contributed by atoms with van der Waals surface area (Å²) < 4.78 is 103. The van der Waals surface area contributed by atoms with Gasteiger partial charge in [0, 0.05) is 37.3 Å². The van der Waals surface area contributed by atoms with E-state index in [1.54, 1.807) is 36.4 Å². The van der Waals surface area contributed by atoms with Crippen LogP contribution in [-0.2, 0) is 39.8 Å². The molecule has 0 amide bonds. The van der Waals surface area contributed by atoms with Crippen LogP contribution in [0.4, 0.5) is 26.3 Å². The van der Waals surface area contributed by atoms with Crippen LogP contribution >= 0.6 is 0 Å². The summed E-state index contributed by atoms with van der Waals surface area (Å²) in [5.41, 5.74) is 0.409. The molecular formula is C57H70F6N2O6. The van der Waals surface area contributed by atoms with Crippen LogP contribution in [0.1, 0.15) is 152 Å². The Balaban J connectivity index is 0.000000176. The maximum Gasteiger partial charge on any atom is 0.420 e. The molecule has 4 saturated heterocycles. The van der Waals surface area contributed by atoms with Crippen molar-refractivity contribution in [3.63, 3.8) is 0 Å². The second-order valence-electron chi connectivity index (χ2n) is 21.9. The van der Waals surface area contributed by atoms with Gasteiger partial charge in [0.05, 0.1) is 31.2 Å². The molecule has 1 N–H and O–H groups in total. The van der Waals surface area contributed by atoms with Crippen molar-refractivity contribution in [1.82, 2.24) is 9.80 Å². The van der Waals surface area contributed by atoms with Crippen LogP contribution in [0.5, 0.6) is 11.5 Å². The summed E-state index contributed by atoms with van der Waals surface area (Å²) >= 11 is 0. The summed E-state index contributed by atoms with van der Waals surface area (Å²) in [7, 11) is 1.44. The minimum absolute atomic E-state index is 0.0533. The number of carbonyl (C=O) groups is 2. The molecule has 4 heterocycles. The van der Waals surface area contributed by atoms with Gasteiger partial charge in [-0.05, 0) is 159 Å². The van der Waals surface area contributed by atoms with Crippen molar-refractivity contribution in [3.05, 3.63) is 82.9 Å². The number of nitrogens with zero attached hydrogens (tertiary/aromatic N) is 2. The first kappa shape index (κ1) is 51.3. The molecular weight excluding hydrogens is 923 g/mol. The number of rotatable bonds is 10. The molecule has 71 heavy (non-hydrogen) atoms. The first-order valence-corrected chi connectivity index (χ1v) is 26.3. The van der Waals surface area contributed by atoms with Gasteiger partial charge in [-0.3, -0.25) is 19.4 Å². The van der Waals surface area contributed by atoms with Crippen molar-refractivity contribution < 1.29 is 55.2 Å². The quantitative estimate of drug-likeness (QED) is 0.124. The molecule has 6 fully saturated rings. The number of hydrogen-bond donors (Lipinski definition) is 1. The maximum absolute atomic E-state index is 14.4. The van der Waals surface area contributed by atoms with E-state index in [1.165, 1.54) is 19.2 Å². The van der Waals surface area contributed by atoms with Gasteiger partial charge in [-0.15, -0.1) is 0 Å². The minimum Gasteiger partial charge on any atom is -0.490 e. The van der Waals surface area contributed by atoms with E-state index in [2.05, 4.69) is 23.6 Å². The lowest BCUT2D eigenvalue weighted by Gasteiger charge is -2.48. The van der Waals surface area contributed by atoms with Crippen molar-refractivity contribution in [2.45, 2.75) is 191 Å². The number of ether oxygens (including phenoxy) is 3. The zero-order chi connectivity index (χ0) is 50.2. The first-order valence-electron chi connectivity index (χ1n) is 26.3. The molecule has 0 aromatic heterocycles. The SMILES string of the molecule is CC1CCC(Oc2ccc3c(CN4C5CCCC4CC(C(=O)O)C5)cccc3c2C(F)(F)F)CC1.COC(=O)C1CC2CCCC(C1)N2Cc1cccc2c(C(F)(F)F)c(OC3CCC(C)CC3)ccc12. The molecule has 4 aromatic carbocycles. The summed E-state index contributed by atoms with van der Waals surface area (Å²) in [6, 6.07) is 17.8. The molecule has 2 aliphatic carbocycles. The normalized spacial score (nSPS) is 29.5. The molecule has 386 valence electrons. The van der Waals surface area contributed by atoms with Gasteiger partial charge in [0.1, 0.15) is 22.6 Å². The standard InChI is InChI=1S/C29H36F3NO3.C28H34F3NO3/c1-18-9-11-23(12-10-18)36-26-14-13-24-19(5-3-8-25(24)27(26)29(30,31)32)17-33-21-6-4-7-22(33)16-20(15-21)28(34)35-2;1-17-8-10-22(11-9-17)35-25-13-12-23-18(4-2-7-24(23)26(25)28(29,30)31)16-32-20-5-3-6-21(32)15-19(14-20)27(33)34/h3,5,8,13-14,18,20-23H,4,6-7,9-12,15-17H2,1-2H3;2,4,7,12-13,17,19-22H,3,5-6,8-11,14-16H2,1H3,(H,33,34). The Morgan fingerprint density at radius 2 is 0.915 bits per heavy atom. The third-order valence-corrected chi connectivity index (χ3v) is 17.1. The van der Waals surface area contributed by atoms with E-state index in [0.717, 1.165) is 114 Å². The van der Waals surface area contributed by atoms with Crippen LogP contribution in [0.25, 0.3) is 21.5 Å². The fraction of sp³-hybridized carbons (Fsp3) is 0.614. The van der Waals surface area contributed by atoms with Gasteiger partial charge in [-0.2, -0.15) is 26.3 Å². The lowest BCUT2D eigenvalue weighted by molar-refractivity contribution is -0.150. The van der Waals surface area contributed by atoms with Crippen LogP contribution in [0.2, 0.25) is 0 Å². The highest BCUT2D eigenvalue weighted by Gasteiger charge is 2.44. The van der Waals surface area contributed by atoms with E-state index >= 15 is 0 Å². The number of alkyl halides is 6. The van der Waals surface area contributed by atoms with E-state index in [0.29, 0.717) is 48.5 Å². The molecule has 4 aromatic rings. The highest BCUT2D eigenvalue weighted by molar-refractivity contribution is 5.92. The third kappa shape index (κ3) is 11.5. The van der Waals surface area contributed by atoms with E-state index < -0.39 is 29.4 Å². The second-order valence-corrected chi connectivity index (χ2v) is 21.9. The molecule has 4 aliphatic heterocycles. The second kappa shape index (κ2) is 21.5. The molecule has 4 unspecified atom stereocenters. The number of esters is 1. The van der Waals surface area contributed by atoms with Crippen LogP contribution in [-0.4, -0.2) is 70.3 Å². The minimum atomic E-state index is -4.52. The summed E-state index contributed by atoms with van der Waals surface area (Å²) in [4.78, 5) is 28.6. The number of piperidine rings is 4. The van der Waals surface area contributed by atoms with Crippen LogP contribution in [0.3, 0.4) is 0 Å². The molecule has 0 spiro atoms. The summed E-state index contributed by atoms with van der Waals surface area (Å²) in [5, 5.41) is 11.2. The number of benzene rings is 4. The van der Waals surface area contributed by atoms with Gasteiger partial charge in [0.2, 0.25) is 0 Å². The van der Waals surface area contributed by atoms with E-state index in [1.807, 2.05) is 12.1 Å². The molecule has 8 nitrogen and oxygen atoms in total. The molecule has 6 aliphatic rings. The average Bonchev–Trinajstić information content (AvgIpc) is 3.32. The van der Waals surface area contributed by atoms with E-state index in [-0.39, 0.29) is 76.5 Å². The Kier molecular flexibility index (Phi) is 15.5. The summed E-state index contributed by atoms with van der Waals surface area (Å²) in [5.74, 6) is -0.225. The first-order chi connectivity index (χ1) is 33.9. The van der Waals surface area contributed by atoms with Crippen LogP contribution in [0, 0.1) is 23.7 Å². The summed E-state index contributed by atoms with van der Waals surface area (Å²) in [6.45, 7) is 5.48. The molecule has 2 saturated carbocycles. The van der Waals surface area contributed by atoms with Crippen molar-refractivity contribution in [2.75, 3.05) is 7.11 Å². The Morgan fingerprint density at radius 3 is 1.27 bits per heavy atom. The van der Waals surface area contributed by atoms with Gasteiger partial charge in [-0.1, -0.05) is 75.2 Å². The van der Waals surface area contributed by atoms with Crippen molar-refractivity contribution in [1.29, 1.82) is 0 Å². The zero-order valence-corrected chi connectivity index (χ0v) is 41.3. The van der Waals surface area contributed by atoms with Crippen molar-refractivity contribution in [2.24, 2.45) is 23.7 Å². The molecule has 4 bridgehead atoms. The fourth-order valence-electron chi connectivity index (χ4n) is 13.3.